The number of aromatic nitrogens is 3. The maximum atomic E-state index is 12.8. The second-order valence-electron chi connectivity index (χ2n) is 6.68. The quantitative estimate of drug-likeness (QED) is 0.684. The van der Waals surface area contributed by atoms with Crippen LogP contribution in [0.5, 0.6) is 0 Å². The number of carbonyl (C=O) groups is 2. The zero-order valence-electron chi connectivity index (χ0n) is 15.1. The second kappa shape index (κ2) is 7.48. The molecule has 1 saturated heterocycles. The van der Waals surface area contributed by atoms with Gasteiger partial charge in [0, 0.05) is 36.5 Å². The third-order valence-electron chi connectivity index (χ3n) is 4.81. The number of rotatable bonds is 6. The largest absolute Gasteiger partial charge is 0.361 e. The molecule has 7 nitrogen and oxygen atoms in total. The molecule has 2 aromatic heterocycles. The molecule has 0 spiro atoms. The number of para-hydroxylation sites is 1. The van der Waals surface area contributed by atoms with Crippen molar-refractivity contribution < 1.29 is 9.59 Å². The number of aryl methyl sites for hydroxylation is 1. The Morgan fingerprint density at radius 2 is 2.22 bits per heavy atom. The number of carbonyl (C=O) groups excluding carboxylic acids is 2. The standard InChI is InChI=1S/C19H21N5O2S/c1-2-5-16-22-23-19(27-16)21-18(26)15-8-9-17(25)24(15)11-12-10-20-14-7-4-3-6-13(12)14/h3-4,6-7,10,15,20H,2,5,8-9,11H2,1H3,(H,21,23,26). The second-order valence-corrected chi connectivity index (χ2v) is 7.74. The number of anilines is 1. The molecule has 2 N–H and O–H groups in total. The zero-order valence-corrected chi connectivity index (χ0v) is 15.9. The van der Waals surface area contributed by atoms with Gasteiger partial charge in [0.1, 0.15) is 11.0 Å². The van der Waals surface area contributed by atoms with E-state index >= 15 is 0 Å². The van der Waals surface area contributed by atoms with Crippen LogP contribution in [0.2, 0.25) is 0 Å². The highest BCUT2D eigenvalue weighted by Crippen LogP contribution is 2.26. The molecule has 1 fully saturated rings. The molecular formula is C19H21N5O2S. The molecular weight excluding hydrogens is 362 g/mol. The molecule has 2 amide bonds. The molecule has 0 radical (unpaired) electrons. The first kappa shape index (κ1) is 17.7. The average molecular weight is 383 g/mol. The number of amides is 2. The van der Waals surface area contributed by atoms with Gasteiger partial charge in [0.25, 0.3) is 0 Å². The first-order valence-corrected chi connectivity index (χ1v) is 9.95. The summed E-state index contributed by atoms with van der Waals surface area (Å²) in [6, 6.07) is 7.48. The maximum Gasteiger partial charge on any atom is 0.249 e. The predicted molar refractivity (Wildman–Crippen MR) is 104 cm³/mol. The van der Waals surface area contributed by atoms with Crippen molar-refractivity contribution in [1.82, 2.24) is 20.1 Å². The van der Waals surface area contributed by atoms with E-state index in [0.717, 1.165) is 34.3 Å². The summed E-state index contributed by atoms with van der Waals surface area (Å²) in [7, 11) is 0. The number of nitrogens with zero attached hydrogens (tertiary/aromatic N) is 3. The summed E-state index contributed by atoms with van der Waals surface area (Å²) >= 11 is 1.39. The lowest BCUT2D eigenvalue weighted by molar-refractivity contribution is -0.133. The Morgan fingerprint density at radius 3 is 3.07 bits per heavy atom. The fourth-order valence-corrected chi connectivity index (χ4v) is 4.30. The van der Waals surface area contributed by atoms with Crippen LogP contribution in [-0.2, 0) is 22.6 Å². The van der Waals surface area contributed by atoms with E-state index in [2.05, 4.69) is 27.4 Å². The molecule has 8 heteroatoms. The molecule has 4 rings (SSSR count). The molecule has 1 aromatic carbocycles. The Balaban J connectivity index is 1.49. The Labute approximate surface area is 160 Å². The first-order chi connectivity index (χ1) is 13.2. The molecule has 0 saturated carbocycles. The van der Waals surface area contributed by atoms with Crippen LogP contribution in [0, 0.1) is 0 Å². The van der Waals surface area contributed by atoms with Crippen LogP contribution in [0.25, 0.3) is 10.9 Å². The number of H-pyrrole nitrogens is 1. The van der Waals surface area contributed by atoms with Gasteiger partial charge in [0.2, 0.25) is 16.9 Å². The van der Waals surface area contributed by atoms with E-state index in [1.807, 2.05) is 30.5 Å². The Bertz CT molecular complexity index is 979. The lowest BCUT2D eigenvalue weighted by atomic mass is 10.1. The summed E-state index contributed by atoms with van der Waals surface area (Å²) < 4.78 is 0. The number of nitrogens with one attached hydrogen (secondary N) is 2. The zero-order chi connectivity index (χ0) is 18.8. The first-order valence-electron chi connectivity index (χ1n) is 9.13. The van der Waals surface area contributed by atoms with Crippen LogP contribution in [0.15, 0.2) is 30.5 Å². The molecule has 1 unspecified atom stereocenters. The van der Waals surface area contributed by atoms with Crippen LogP contribution in [0.1, 0.15) is 36.8 Å². The molecule has 3 heterocycles. The fraction of sp³-hybridized carbons (Fsp3) is 0.368. The lowest BCUT2D eigenvalue weighted by Gasteiger charge is -2.23. The van der Waals surface area contributed by atoms with Gasteiger partial charge in [-0.25, -0.2) is 0 Å². The van der Waals surface area contributed by atoms with Gasteiger partial charge in [-0.2, -0.15) is 0 Å². The average Bonchev–Trinajstić information content (AvgIpc) is 3.37. The topological polar surface area (TPSA) is 91.0 Å². The van der Waals surface area contributed by atoms with Crippen molar-refractivity contribution >= 4 is 39.2 Å². The summed E-state index contributed by atoms with van der Waals surface area (Å²) in [5.41, 5.74) is 2.04. The van der Waals surface area contributed by atoms with Crippen molar-refractivity contribution in [3.8, 4) is 0 Å². The van der Waals surface area contributed by atoms with Crippen molar-refractivity contribution in [3.63, 3.8) is 0 Å². The number of hydrogen-bond donors (Lipinski definition) is 2. The van der Waals surface area contributed by atoms with E-state index in [9.17, 15) is 9.59 Å². The Morgan fingerprint density at radius 1 is 1.37 bits per heavy atom. The highest BCUT2D eigenvalue weighted by Gasteiger charge is 2.36. The van der Waals surface area contributed by atoms with Crippen LogP contribution in [0.3, 0.4) is 0 Å². The number of aromatic amines is 1. The molecule has 1 aliphatic heterocycles. The van der Waals surface area contributed by atoms with Crippen molar-refractivity contribution in [3.05, 3.63) is 41.0 Å². The number of hydrogen-bond acceptors (Lipinski definition) is 5. The number of likely N-dealkylation sites (tertiary alicyclic amines) is 1. The molecule has 3 aromatic rings. The summed E-state index contributed by atoms with van der Waals surface area (Å²) in [5, 5.41) is 13.4. The molecule has 1 atom stereocenters. The van der Waals surface area contributed by atoms with Gasteiger partial charge in [0.15, 0.2) is 0 Å². The molecule has 27 heavy (non-hydrogen) atoms. The van der Waals surface area contributed by atoms with Crippen molar-refractivity contribution in [1.29, 1.82) is 0 Å². The fourth-order valence-electron chi connectivity index (χ4n) is 3.46. The van der Waals surface area contributed by atoms with Crippen LogP contribution >= 0.6 is 11.3 Å². The monoisotopic (exact) mass is 383 g/mol. The normalized spacial score (nSPS) is 17.0. The molecule has 0 aliphatic carbocycles. The van der Waals surface area contributed by atoms with Gasteiger partial charge in [0.05, 0.1) is 0 Å². The summed E-state index contributed by atoms with van der Waals surface area (Å²) in [6.07, 6.45) is 4.65. The van der Waals surface area contributed by atoms with E-state index < -0.39 is 6.04 Å². The third-order valence-corrected chi connectivity index (χ3v) is 5.71. The van der Waals surface area contributed by atoms with Gasteiger partial charge in [-0.1, -0.05) is 36.5 Å². The van der Waals surface area contributed by atoms with Crippen molar-refractivity contribution in [2.24, 2.45) is 0 Å². The summed E-state index contributed by atoms with van der Waals surface area (Å²) in [4.78, 5) is 30.0. The van der Waals surface area contributed by atoms with Crippen molar-refractivity contribution in [2.75, 3.05) is 5.32 Å². The van der Waals surface area contributed by atoms with E-state index in [4.69, 9.17) is 0 Å². The Kier molecular flexibility index (Phi) is 4.89. The number of fused-ring (bicyclic) bond motifs is 1. The smallest absolute Gasteiger partial charge is 0.249 e. The minimum atomic E-state index is -0.482. The predicted octanol–water partition coefficient (Wildman–Crippen LogP) is 3.10. The van der Waals surface area contributed by atoms with Gasteiger partial charge >= 0.3 is 0 Å². The number of benzene rings is 1. The van der Waals surface area contributed by atoms with Crippen LogP contribution in [-0.4, -0.2) is 37.9 Å². The van der Waals surface area contributed by atoms with E-state index in [1.54, 1.807) is 4.90 Å². The molecule has 0 bridgehead atoms. The lowest BCUT2D eigenvalue weighted by Crippen LogP contribution is -2.41. The highest BCUT2D eigenvalue weighted by atomic mass is 32.1. The Hall–Kier alpha value is -2.74. The van der Waals surface area contributed by atoms with Crippen molar-refractivity contribution in [2.45, 2.75) is 45.2 Å². The summed E-state index contributed by atoms with van der Waals surface area (Å²) in [5.74, 6) is -0.191. The minimum absolute atomic E-state index is 0.00404. The minimum Gasteiger partial charge on any atom is -0.361 e. The van der Waals surface area contributed by atoms with Crippen LogP contribution in [0.4, 0.5) is 5.13 Å². The van der Waals surface area contributed by atoms with Crippen LogP contribution < -0.4 is 5.32 Å². The maximum absolute atomic E-state index is 12.8. The van der Waals surface area contributed by atoms with Gasteiger partial charge < -0.3 is 9.88 Å². The molecule has 140 valence electrons. The van der Waals surface area contributed by atoms with E-state index in [0.29, 0.717) is 24.5 Å². The summed E-state index contributed by atoms with van der Waals surface area (Å²) in [6.45, 7) is 2.49. The third kappa shape index (κ3) is 3.57. The SMILES string of the molecule is CCCc1nnc(NC(=O)C2CCC(=O)N2Cc2c[nH]c3ccccc23)s1. The molecule has 1 aliphatic rings. The highest BCUT2D eigenvalue weighted by molar-refractivity contribution is 7.15. The van der Waals surface area contributed by atoms with Gasteiger partial charge in [-0.15, -0.1) is 10.2 Å². The van der Waals surface area contributed by atoms with E-state index in [-0.39, 0.29) is 11.8 Å². The van der Waals surface area contributed by atoms with E-state index in [1.165, 1.54) is 11.3 Å². The van der Waals surface area contributed by atoms with Gasteiger partial charge in [-0.3, -0.25) is 14.9 Å². The van der Waals surface area contributed by atoms with Gasteiger partial charge in [-0.05, 0) is 24.5 Å².